The molecule has 3 aromatic rings. The third-order valence-electron chi connectivity index (χ3n) is 7.70. The molecule has 0 saturated carbocycles. The van der Waals surface area contributed by atoms with E-state index >= 15 is 0 Å². The molecule has 2 saturated heterocycles. The molecule has 42 heavy (non-hydrogen) atoms. The zero-order valence-electron chi connectivity index (χ0n) is 24.0. The maximum atomic E-state index is 13.5. The smallest absolute Gasteiger partial charge is 0.255 e. The average Bonchev–Trinajstić information content (AvgIpc) is 3.30. The zero-order valence-corrected chi connectivity index (χ0v) is 24.7. The molecule has 10 nitrogen and oxygen atoms in total. The van der Waals surface area contributed by atoms with Crippen LogP contribution in [0.25, 0.3) is 11.3 Å². The number of amides is 2. The lowest BCUT2D eigenvalue weighted by Crippen LogP contribution is -2.47. The third kappa shape index (κ3) is 7.56. The fourth-order valence-electron chi connectivity index (χ4n) is 5.23. The van der Waals surface area contributed by atoms with Crippen molar-refractivity contribution in [1.82, 2.24) is 24.9 Å². The molecule has 0 unspecified atom stereocenters. The molecule has 2 fully saturated rings. The third-order valence-corrected chi connectivity index (χ3v) is 8.03. The molecule has 0 radical (unpaired) electrons. The van der Waals surface area contributed by atoms with Gasteiger partial charge in [-0.25, -0.2) is 0 Å². The molecule has 222 valence electrons. The maximum absolute atomic E-state index is 13.5. The first-order valence-electron chi connectivity index (χ1n) is 14.4. The zero-order chi connectivity index (χ0) is 29.3. The number of rotatable bonds is 9. The van der Waals surface area contributed by atoms with Gasteiger partial charge in [0.15, 0.2) is 5.82 Å². The summed E-state index contributed by atoms with van der Waals surface area (Å²) in [5, 5.41) is 9.31. The molecule has 0 aliphatic carbocycles. The van der Waals surface area contributed by atoms with Crippen molar-refractivity contribution in [1.29, 1.82) is 0 Å². The van der Waals surface area contributed by atoms with Gasteiger partial charge >= 0.3 is 0 Å². The lowest BCUT2D eigenvalue weighted by Gasteiger charge is -2.31. The number of carbonyl (C=O) groups excluding carboxylic acids is 2. The number of hydrogen-bond donors (Lipinski definition) is 0. The molecule has 2 aliphatic heterocycles. The number of nitrogens with zero attached hydrogens (tertiary/aromatic N) is 6. The highest BCUT2D eigenvalue weighted by atomic mass is 35.5. The van der Waals surface area contributed by atoms with Crippen LogP contribution >= 0.6 is 11.6 Å². The van der Waals surface area contributed by atoms with Gasteiger partial charge in [0.2, 0.25) is 5.91 Å². The Morgan fingerprint density at radius 3 is 2.55 bits per heavy atom. The Labute approximate surface area is 251 Å². The van der Waals surface area contributed by atoms with E-state index in [4.69, 9.17) is 21.1 Å². The molecule has 2 aliphatic rings. The van der Waals surface area contributed by atoms with Gasteiger partial charge in [0.05, 0.1) is 36.6 Å². The lowest BCUT2D eigenvalue weighted by molar-refractivity contribution is -0.131. The van der Waals surface area contributed by atoms with E-state index in [9.17, 15) is 9.59 Å². The molecule has 1 aromatic heterocycles. The summed E-state index contributed by atoms with van der Waals surface area (Å²) < 4.78 is 10.8. The molecule has 0 N–H and O–H groups in total. The van der Waals surface area contributed by atoms with Crippen molar-refractivity contribution in [3.8, 4) is 17.0 Å². The highest BCUT2D eigenvalue weighted by Crippen LogP contribution is 2.23. The van der Waals surface area contributed by atoms with E-state index in [2.05, 4.69) is 20.0 Å². The Morgan fingerprint density at radius 2 is 1.79 bits per heavy atom. The number of anilines is 1. The number of aromatic nitrogens is 2. The van der Waals surface area contributed by atoms with Gasteiger partial charge in [0.1, 0.15) is 12.3 Å². The summed E-state index contributed by atoms with van der Waals surface area (Å²) in [6, 6.07) is 18.6. The van der Waals surface area contributed by atoms with Crippen molar-refractivity contribution in [3.05, 3.63) is 71.2 Å². The Balaban J connectivity index is 1.21. The SMILES string of the molecule is COc1cccc(-c2ccc(N3CCCN(C(=O)CN(CCN4CCOCC4)C(=O)c4ccccc4Cl)CC3)nn2)c1. The van der Waals surface area contributed by atoms with Gasteiger partial charge in [-0.05, 0) is 42.8 Å². The first kappa shape index (κ1) is 29.8. The average molecular weight is 593 g/mol. The largest absolute Gasteiger partial charge is 0.497 e. The van der Waals surface area contributed by atoms with Crippen LogP contribution in [0.15, 0.2) is 60.7 Å². The Bertz CT molecular complexity index is 1350. The van der Waals surface area contributed by atoms with Crippen LogP contribution in [0, 0.1) is 0 Å². The van der Waals surface area contributed by atoms with Crippen LogP contribution < -0.4 is 9.64 Å². The molecule has 0 bridgehead atoms. The van der Waals surface area contributed by atoms with Crippen LogP contribution in [0.3, 0.4) is 0 Å². The molecule has 0 spiro atoms. The van der Waals surface area contributed by atoms with Crippen LogP contribution in [0.1, 0.15) is 16.8 Å². The fourth-order valence-corrected chi connectivity index (χ4v) is 5.45. The van der Waals surface area contributed by atoms with E-state index < -0.39 is 0 Å². The summed E-state index contributed by atoms with van der Waals surface area (Å²) in [5.74, 6) is 1.24. The molecule has 0 atom stereocenters. The second-order valence-corrected chi connectivity index (χ2v) is 10.8. The summed E-state index contributed by atoms with van der Waals surface area (Å²) in [7, 11) is 1.64. The number of hydrogen-bond acceptors (Lipinski definition) is 8. The van der Waals surface area contributed by atoms with Gasteiger partial charge < -0.3 is 24.2 Å². The van der Waals surface area contributed by atoms with E-state index in [0.717, 1.165) is 48.9 Å². The second kappa shape index (κ2) is 14.4. The quantitative estimate of drug-likeness (QED) is 0.374. The number of morpholine rings is 1. The van der Waals surface area contributed by atoms with E-state index in [1.165, 1.54) is 0 Å². The maximum Gasteiger partial charge on any atom is 0.255 e. The van der Waals surface area contributed by atoms with Crippen molar-refractivity contribution in [3.63, 3.8) is 0 Å². The van der Waals surface area contributed by atoms with E-state index in [1.807, 2.05) is 41.3 Å². The number of benzene rings is 2. The normalized spacial score (nSPS) is 16.1. The summed E-state index contributed by atoms with van der Waals surface area (Å²) in [5.41, 5.74) is 2.11. The highest BCUT2D eigenvalue weighted by molar-refractivity contribution is 6.33. The van der Waals surface area contributed by atoms with Gasteiger partial charge in [-0.15, -0.1) is 10.2 Å². The summed E-state index contributed by atoms with van der Waals surface area (Å²) in [6.45, 7) is 6.63. The number of halogens is 1. The minimum atomic E-state index is -0.231. The topological polar surface area (TPSA) is 91.3 Å². The second-order valence-electron chi connectivity index (χ2n) is 10.4. The minimum Gasteiger partial charge on any atom is -0.497 e. The molecule has 3 heterocycles. The van der Waals surface area contributed by atoms with Gasteiger partial charge in [0.25, 0.3) is 5.91 Å². The van der Waals surface area contributed by atoms with Crippen LogP contribution in [-0.2, 0) is 9.53 Å². The summed E-state index contributed by atoms with van der Waals surface area (Å²) in [4.78, 5) is 34.9. The molecule has 2 aromatic carbocycles. The van der Waals surface area contributed by atoms with Crippen LogP contribution in [0.2, 0.25) is 5.02 Å². The number of carbonyl (C=O) groups is 2. The summed E-state index contributed by atoms with van der Waals surface area (Å²) >= 11 is 6.36. The minimum absolute atomic E-state index is 0.00341. The van der Waals surface area contributed by atoms with Crippen LogP contribution in [0.5, 0.6) is 5.75 Å². The van der Waals surface area contributed by atoms with Crippen LogP contribution in [0.4, 0.5) is 5.82 Å². The van der Waals surface area contributed by atoms with Crippen LogP contribution in [-0.4, -0.2) is 116 Å². The molecule has 11 heteroatoms. The van der Waals surface area contributed by atoms with Gasteiger partial charge in [-0.1, -0.05) is 35.9 Å². The first-order chi connectivity index (χ1) is 20.5. The summed E-state index contributed by atoms with van der Waals surface area (Å²) in [6.07, 6.45) is 0.789. The van der Waals surface area contributed by atoms with Gasteiger partial charge in [-0.2, -0.15) is 0 Å². The van der Waals surface area contributed by atoms with Crippen molar-refractivity contribution < 1.29 is 19.1 Å². The number of methoxy groups -OCH3 is 1. The Hall–Kier alpha value is -3.73. The van der Waals surface area contributed by atoms with E-state index in [1.54, 1.807) is 36.3 Å². The van der Waals surface area contributed by atoms with Gasteiger partial charge in [0, 0.05) is 57.9 Å². The predicted octanol–water partition coefficient (Wildman–Crippen LogP) is 3.32. The Kier molecular flexibility index (Phi) is 10.2. The highest BCUT2D eigenvalue weighted by Gasteiger charge is 2.26. The first-order valence-corrected chi connectivity index (χ1v) is 14.7. The lowest BCUT2D eigenvalue weighted by atomic mass is 10.1. The van der Waals surface area contributed by atoms with Crippen molar-refractivity contribution in [2.75, 3.05) is 84.1 Å². The number of ether oxygens (including phenoxy) is 2. The molecule has 2 amide bonds. The van der Waals surface area contributed by atoms with E-state index in [0.29, 0.717) is 56.5 Å². The Morgan fingerprint density at radius 1 is 0.952 bits per heavy atom. The molecular weight excluding hydrogens is 556 g/mol. The van der Waals surface area contributed by atoms with Crippen molar-refractivity contribution in [2.45, 2.75) is 6.42 Å². The van der Waals surface area contributed by atoms with Gasteiger partial charge in [-0.3, -0.25) is 14.5 Å². The predicted molar refractivity (Wildman–Crippen MR) is 162 cm³/mol. The fraction of sp³-hybridized carbons (Fsp3) is 0.419. The molecular formula is C31H37ClN6O4. The standard InChI is InChI=1S/C31H37ClN6O4/c1-41-25-7-4-6-24(22-25)28-10-11-29(34-33-28)36-12-5-13-37(17-16-36)30(39)23-38(15-14-35-18-20-42-21-19-35)31(40)26-8-2-3-9-27(26)32/h2-4,6-11,22H,5,12-21,23H2,1H3. The monoisotopic (exact) mass is 592 g/mol. The van der Waals surface area contributed by atoms with E-state index in [-0.39, 0.29) is 18.4 Å². The van der Waals surface area contributed by atoms with Crippen molar-refractivity contribution >= 4 is 29.2 Å². The van der Waals surface area contributed by atoms with Crippen molar-refractivity contribution in [2.24, 2.45) is 0 Å². The molecule has 5 rings (SSSR count).